The highest BCUT2D eigenvalue weighted by molar-refractivity contribution is 8.00. The lowest BCUT2D eigenvalue weighted by Crippen LogP contribution is -2.23. The minimum atomic E-state index is -0.688. The summed E-state index contributed by atoms with van der Waals surface area (Å²) in [7, 11) is 0. The number of benzene rings is 1. The first kappa shape index (κ1) is 22.9. The molecule has 0 spiro atoms. The minimum Gasteiger partial charge on any atom is -0.383 e. The molecule has 3 heterocycles. The molecule has 4 rings (SSSR count). The average molecular weight is 488 g/mol. The molecular formula is C23H17N7O2S2. The fourth-order valence-corrected chi connectivity index (χ4v) is 4.93. The number of para-hydroxylation sites is 1. The monoisotopic (exact) mass is 487 g/mol. The van der Waals surface area contributed by atoms with Crippen molar-refractivity contribution in [3.05, 3.63) is 75.4 Å². The van der Waals surface area contributed by atoms with Gasteiger partial charge in [0.15, 0.2) is 0 Å². The Hall–Kier alpha value is -4.32. The van der Waals surface area contributed by atoms with Gasteiger partial charge in [-0.1, -0.05) is 36.0 Å². The van der Waals surface area contributed by atoms with E-state index in [1.807, 2.05) is 23.6 Å². The van der Waals surface area contributed by atoms with E-state index in [9.17, 15) is 20.1 Å². The SMILES string of the molecule is CC(Sc1nc(N)c(C#N)c(-c2cccs2)c1C#N)C(=O)Nc1cc(=O)n(-c2ccccc2)[nH]1. The smallest absolute Gasteiger partial charge is 0.273 e. The second-order valence-corrected chi connectivity index (χ2v) is 9.33. The maximum Gasteiger partial charge on any atom is 0.273 e. The van der Waals surface area contributed by atoms with Crippen molar-refractivity contribution >= 4 is 40.6 Å². The van der Waals surface area contributed by atoms with Crippen molar-refractivity contribution in [3.63, 3.8) is 0 Å². The number of H-pyrrole nitrogens is 1. The van der Waals surface area contributed by atoms with Crippen LogP contribution in [0.2, 0.25) is 0 Å². The summed E-state index contributed by atoms with van der Waals surface area (Å²) >= 11 is 2.42. The molecule has 0 aliphatic rings. The van der Waals surface area contributed by atoms with Crippen LogP contribution in [0.15, 0.2) is 63.7 Å². The average Bonchev–Trinajstić information content (AvgIpc) is 3.49. The van der Waals surface area contributed by atoms with Crippen molar-refractivity contribution in [2.24, 2.45) is 0 Å². The zero-order valence-corrected chi connectivity index (χ0v) is 19.4. The number of carbonyl (C=O) groups excluding carboxylic acids is 1. The lowest BCUT2D eigenvalue weighted by Gasteiger charge is -2.15. The summed E-state index contributed by atoms with van der Waals surface area (Å²) < 4.78 is 1.32. The molecule has 0 saturated carbocycles. The van der Waals surface area contributed by atoms with Crippen LogP contribution < -0.4 is 16.6 Å². The number of thioether (sulfide) groups is 1. The molecule has 34 heavy (non-hydrogen) atoms. The molecule has 1 aromatic carbocycles. The molecule has 0 aliphatic carbocycles. The van der Waals surface area contributed by atoms with Crippen LogP contribution in [0.1, 0.15) is 18.1 Å². The van der Waals surface area contributed by atoms with Gasteiger partial charge >= 0.3 is 0 Å². The standard InChI is InChI=1S/C23H17N7O2S2/c1-13(22(32)27-18-10-19(31)30(29-18)14-6-3-2-4-7-14)34-23-16(12-25)20(17-8-5-9-33-17)15(11-24)21(26)28-23/h2-10,13,29H,1H3,(H2,26,28)(H,27,32). The number of hydrogen-bond donors (Lipinski definition) is 3. The number of pyridine rings is 1. The largest absolute Gasteiger partial charge is 0.383 e. The van der Waals surface area contributed by atoms with Gasteiger partial charge < -0.3 is 11.1 Å². The molecule has 1 amide bonds. The van der Waals surface area contributed by atoms with Crippen molar-refractivity contribution in [1.29, 1.82) is 10.5 Å². The normalized spacial score (nSPS) is 11.4. The van der Waals surface area contributed by atoms with E-state index in [1.165, 1.54) is 22.1 Å². The number of aromatic amines is 1. The maximum absolute atomic E-state index is 12.8. The lowest BCUT2D eigenvalue weighted by atomic mass is 10.0. The van der Waals surface area contributed by atoms with Gasteiger partial charge in [0.05, 0.1) is 16.5 Å². The number of amides is 1. The molecule has 0 fully saturated rings. The Morgan fingerprint density at radius 1 is 1.21 bits per heavy atom. The number of anilines is 2. The van der Waals surface area contributed by atoms with E-state index < -0.39 is 11.2 Å². The number of carbonyl (C=O) groups is 1. The predicted molar refractivity (Wildman–Crippen MR) is 132 cm³/mol. The lowest BCUT2D eigenvalue weighted by molar-refractivity contribution is -0.115. The van der Waals surface area contributed by atoms with Gasteiger partial charge in [0.25, 0.3) is 5.56 Å². The molecule has 0 saturated heterocycles. The molecular weight excluding hydrogens is 470 g/mol. The first-order valence-corrected chi connectivity index (χ1v) is 11.7. The number of aromatic nitrogens is 3. The number of nitrogens with one attached hydrogen (secondary N) is 2. The molecule has 168 valence electrons. The Morgan fingerprint density at radius 3 is 2.59 bits per heavy atom. The van der Waals surface area contributed by atoms with Gasteiger partial charge in [-0.3, -0.25) is 14.7 Å². The summed E-state index contributed by atoms with van der Waals surface area (Å²) in [6.45, 7) is 1.65. The molecule has 3 aromatic heterocycles. The van der Waals surface area contributed by atoms with Gasteiger partial charge in [0.1, 0.15) is 34.4 Å². The van der Waals surface area contributed by atoms with Gasteiger partial charge in [-0.2, -0.15) is 10.5 Å². The summed E-state index contributed by atoms with van der Waals surface area (Å²) in [5.41, 5.74) is 7.04. The van der Waals surface area contributed by atoms with Gasteiger partial charge in [-0.25, -0.2) is 9.67 Å². The van der Waals surface area contributed by atoms with Crippen molar-refractivity contribution in [2.45, 2.75) is 17.2 Å². The molecule has 4 N–H and O–H groups in total. The molecule has 0 aliphatic heterocycles. The number of nitrogen functional groups attached to an aromatic ring is 1. The molecule has 0 bridgehead atoms. The zero-order valence-electron chi connectivity index (χ0n) is 17.8. The van der Waals surface area contributed by atoms with Gasteiger partial charge in [-0.05, 0) is 30.5 Å². The van der Waals surface area contributed by atoms with Crippen LogP contribution in [0.3, 0.4) is 0 Å². The second kappa shape index (κ2) is 9.67. The van der Waals surface area contributed by atoms with Crippen molar-refractivity contribution < 1.29 is 4.79 Å². The quantitative estimate of drug-likeness (QED) is 0.350. The number of nitrogens with zero attached hydrogens (tertiary/aromatic N) is 4. The predicted octanol–water partition coefficient (Wildman–Crippen LogP) is 3.73. The highest BCUT2D eigenvalue weighted by Crippen LogP contribution is 2.38. The van der Waals surface area contributed by atoms with Gasteiger partial charge in [-0.15, -0.1) is 11.3 Å². The number of nitriles is 2. The summed E-state index contributed by atoms with van der Waals surface area (Å²) in [6, 6.07) is 18.0. The van der Waals surface area contributed by atoms with Gasteiger partial charge in [0.2, 0.25) is 5.91 Å². The fourth-order valence-electron chi connectivity index (χ4n) is 3.23. The third kappa shape index (κ3) is 4.43. The number of rotatable bonds is 6. The third-order valence-electron chi connectivity index (χ3n) is 4.83. The van der Waals surface area contributed by atoms with Crippen molar-refractivity contribution in [1.82, 2.24) is 14.8 Å². The van der Waals surface area contributed by atoms with E-state index in [0.717, 1.165) is 11.8 Å². The van der Waals surface area contributed by atoms with Crippen molar-refractivity contribution in [3.8, 4) is 28.3 Å². The second-order valence-electron chi connectivity index (χ2n) is 7.06. The molecule has 0 radical (unpaired) electrons. The fraction of sp³-hybridized carbons (Fsp3) is 0.0870. The van der Waals surface area contributed by atoms with E-state index >= 15 is 0 Å². The Balaban J connectivity index is 1.60. The third-order valence-corrected chi connectivity index (χ3v) is 6.81. The Bertz CT molecular complexity index is 1490. The first-order chi connectivity index (χ1) is 16.4. The molecule has 11 heteroatoms. The van der Waals surface area contributed by atoms with E-state index in [-0.39, 0.29) is 33.3 Å². The highest BCUT2D eigenvalue weighted by Gasteiger charge is 2.24. The van der Waals surface area contributed by atoms with Crippen LogP contribution in [-0.4, -0.2) is 25.9 Å². The Morgan fingerprint density at radius 2 is 1.94 bits per heavy atom. The summed E-state index contributed by atoms with van der Waals surface area (Å²) in [5, 5.41) is 26.4. The number of thiophene rings is 1. The minimum absolute atomic E-state index is 0.00993. The molecule has 1 atom stereocenters. The summed E-state index contributed by atoms with van der Waals surface area (Å²) in [5.74, 6) is -0.180. The molecule has 4 aromatic rings. The maximum atomic E-state index is 12.8. The topological polar surface area (TPSA) is 153 Å². The van der Waals surface area contributed by atoms with Crippen LogP contribution in [0.5, 0.6) is 0 Å². The number of nitrogens with two attached hydrogens (primary N) is 1. The number of hydrogen-bond acceptors (Lipinski definition) is 8. The zero-order chi connectivity index (χ0) is 24.2. The Kier molecular flexibility index (Phi) is 6.50. The van der Waals surface area contributed by atoms with E-state index in [1.54, 1.807) is 37.3 Å². The van der Waals surface area contributed by atoms with Crippen LogP contribution >= 0.6 is 23.1 Å². The summed E-state index contributed by atoms with van der Waals surface area (Å²) in [4.78, 5) is 30.1. The van der Waals surface area contributed by atoms with E-state index in [4.69, 9.17) is 5.73 Å². The van der Waals surface area contributed by atoms with Crippen molar-refractivity contribution in [2.75, 3.05) is 11.1 Å². The van der Waals surface area contributed by atoms with Crippen LogP contribution in [0.4, 0.5) is 11.6 Å². The highest BCUT2D eigenvalue weighted by atomic mass is 32.2. The van der Waals surface area contributed by atoms with E-state index in [0.29, 0.717) is 16.1 Å². The Labute approximate surface area is 202 Å². The molecule has 1 unspecified atom stereocenters. The van der Waals surface area contributed by atoms with Crippen LogP contribution in [0, 0.1) is 22.7 Å². The van der Waals surface area contributed by atoms with Crippen LogP contribution in [0.25, 0.3) is 16.1 Å². The summed E-state index contributed by atoms with van der Waals surface area (Å²) in [6.07, 6.45) is 0. The van der Waals surface area contributed by atoms with Crippen LogP contribution in [-0.2, 0) is 4.79 Å². The molecule has 9 nitrogen and oxygen atoms in total. The van der Waals surface area contributed by atoms with Gasteiger partial charge in [0, 0.05) is 16.5 Å². The first-order valence-electron chi connectivity index (χ1n) is 9.95. The van der Waals surface area contributed by atoms with E-state index in [2.05, 4.69) is 21.5 Å².